The Labute approximate surface area is 162 Å². The number of amides is 2. The molecule has 0 aliphatic rings. The molecule has 0 radical (unpaired) electrons. The van der Waals surface area contributed by atoms with Crippen molar-refractivity contribution in [3.8, 4) is 0 Å². The van der Waals surface area contributed by atoms with Crippen LogP contribution in [0.15, 0.2) is 11.6 Å². The molecule has 11 nitrogen and oxygen atoms in total. The average molecular weight is 402 g/mol. The lowest BCUT2D eigenvalue weighted by Crippen LogP contribution is -2.46. The predicted molar refractivity (Wildman–Crippen MR) is 93.7 cm³/mol. The van der Waals surface area contributed by atoms with Gasteiger partial charge in [-0.2, -0.15) is 10.1 Å². The fraction of sp³-hybridized carbons (Fsp3) is 0.588. The van der Waals surface area contributed by atoms with Gasteiger partial charge < -0.3 is 24.7 Å². The molecule has 0 bridgehead atoms. The molecule has 0 saturated heterocycles. The third-order valence-electron chi connectivity index (χ3n) is 3.33. The van der Waals surface area contributed by atoms with Crippen LogP contribution in [0.5, 0.6) is 0 Å². The Balaban J connectivity index is 4.61. The second-order valence-corrected chi connectivity index (χ2v) is 6.02. The molecule has 11 heteroatoms. The molecule has 0 aromatic heterocycles. The van der Waals surface area contributed by atoms with Crippen LogP contribution in [0.2, 0.25) is 0 Å². The monoisotopic (exact) mass is 402 g/mol. The maximum atomic E-state index is 11.8. The van der Waals surface area contributed by atoms with Gasteiger partial charge in [0.2, 0.25) is 0 Å². The summed E-state index contributed by atoms with van der Waals surface area (Å²) in [6, 6.07) is 0. The van der Waals surface area contributed by atoms with Gasteiger partial charge in [-0.3, -0.25) is 9.59 Å². The SMILES string of the molecule is CC(C)=CCCC(=O)N(C)OC(=O)C(O)C(O)C(=O)ON(C)C(=O)CCC=O. The molecule has 158 valence electrons. The first-order valence-electron chi connectivity index (χ1n) is 8.41. The highest BCUT2D eigenvalue weighted by Gasteiger charge is 2.36. The molecule has 0 heterocycles. The number of aldehydes is 1. The molecule has 2 atom stereocenters. The second-order valence-electron chi connectivity index (χ2n) is 6.02. The van der Waals surface area contributed by atoms with Crippen LogP contribution in [0.25, 0.3) is 0 Å². The van der Waals surface area contributed by atoms with E-state index in [-0.39, 0.29) is 19.3 Å². The Morgan fingerprint density at radius 1 is 0.857 bits per heavy atom. The number of nitrogens with zero attached hydrogens (tertiary/aromatic N) is 2. The number of hydrogen-bond acceptors (Lipinski definition) is 9. The van der Waals surface area contributed by atoms with Crippen molar-refractivity contribution in [1.29, 1.82) is 0 Å². The van der Waals surface area contributed by atoms with E-state index in [1.165, 1.54) is 0 Å². The van der Waals surface area contributed by atoms with Gasteiger partial charge in [0, 0.05) is 33.4 Å². The van der Waals surface area contributed by atoms with E-state index in [4.69, 9.17) is 0 Å². The quantitative estimate of drug-likeness (QED) is 0.289. The summed E-state index contributed by atoms with van der Waals surface area (Å²) in [5.41, 5.74) is 1.01. The Kier molecular flexibility index (Phi) is 11.3. The second kappa shape index (κ2) is 12.6. The van der Waals surface area contributed by atoms with Crippen molar-refractivity contribution >= 4 is 30.0 Å². The Hall–Kier alpha value is -2.79. The van der Waals surface area contributed by atoms with Gasteiger partial charge in [0.15, 0.2) is 12.2 Å². The number of hydrogen-bond donors (Lipinski definition) is 2. The maximum absolute atomic E-state index is 11.8. The number of carbonyl (C=O) groups is 5. The summed E-state index contributed by atoms with van der Waals surface area (Å²) < 4.78 is 0. The molecule has 0 aromatic rings. The van der Waals surface area contributed by atoms with E-state index in [1.807, 2.05) is 19.9 Å². The lowest BCUT2D eigenvalue weighted by atomic mass is 10.2. The molecule has 0 fully saturated rings. The molecule has 0 saturated carbocycles. The normalized spacial score (nSPS) is 12.2. The van der Waals surface area contributed by atoms with Gasteiger partial charge >= 0.3 is 11.9 Å². The van der Waals surface area contributed by atoms with Crippen molar-refractivity contribution in [2.45, 2.75) is 51.7 Å². The zero-order chi connectivity index (χ0) is 21.9. The van der Waals surface area contributed by atoms with Crippen molar-refractivity contribution in [1.82, 2.24) is 10.1 Å². The van der Waals surface area contributed by atoms with Gasteiger partial charge in [-0.25, -0.2) is 9.59 Å². The topological polar surface area (TPSA) is 151 Å². The van der Waals surface area contributed by atoms with Crippen LogP contribution < -0.4 is 0 Å². The highest BCUT2D eigenvalue weighted by atomic mass is 16.7. The molecule has 2 unspecified atom stereocenters. The van der Waals surface area contributed by atoms with Crippen LogP contribution in [0, 0.1) is 0 Å². The molecule has 0 aromatic carbocycles. The van der Waals surface area contributed by atoms with Gasteiger partial charge in [0.1, 0.15) is 6.29 Å². The lowest BCUT2D eigenvalue weighted by Gasteiger charge is -2.21. The van der Waals surface area contributed by atoms with E-state index in [1.54, 1.807) is 0 Å². The van der Waals surface area contributed by atoms with E-state index in [2.05, 4.69) is 9.68 Å². The molecule has 2 amide bonds. The molecule has 0 rings (SSSR count). The van der Waals surface area contributed by atoms with Gasteiger partial charge in [-0.1, -0.05) is 11.6 Å². The van der Waals surface area contributed by atoms with E-state index >= 15 is 0 Å². The zero-order valence-electron chi connectivity index (χ0n) is 16.3. The van der Waals surface area contributed by atoms with Crippen LogP contribution in [0.4, 0.5) is 0 Å². The minimum absolute atomic E-state index is 0.0450. The van der Waals surface area contributed by atoms with Crippen LogP contribution in [-0.4, -0.2) is 76.7 Å². The van der Waals surface area contributed by atoms with E-state index in [0.29, 0.717) is 22.8 Å². The van der Waals surface area contributed by atoms with Gasteiger partial charge in [0.05, 0.1) is 0 Å². The number of hydroxylamine groups is 4. The third kappa shape index (κ3) is 9.24. The summed E-state index contributed by atoms with van der Waals surface area (Å²) in [5.74, 6) is -4.25. The van der Waals surface area contributed by atoms with Crippen molar-refractivity contribution in [3.05, 3.63) is 11.6 Å². The standard InChI is InChI=1S/C17H26N2O9/c1-11(2)7-5-8-12(21)18(3)27-16(25)14(23)15(24)17(26)28-19(4)13(22)9-6-10-20/h7,10,14-15,23-24H,5-6,8-9H2,1-4H3. The van der Waals surface area contributed by atoms with Crippen molar-refractivity contribution in [2.24, 2.45) is 0 Å². The maximum Gasteiger partial charge on any atom is 0.364 e. The van der Waals surface area contributed by atoms with Gasteiger partial charge in [-0.15, -0.1) is 0 Å². The highest BCUT2D eigenvalue weighted by molar-refractivity contribution is 5.87. The summed E-state index contributed by atoms with van der Waals surface area (Å²) in [6.07, 6.45) is -2.25. The van der Waals surface area contributed by atoms with Crippen molar-refractivity contribution in [3.63, 3.8) is 0 Å². The number of allylic oxidation sites excluding steroid dienone is 2. The average Bonchev–Trinajstić information content (AvgIpc) is 2.63. The van der Waals surface area contributed by atoms with Crippen molar-refractivity contribution in [2.75, 3.05) is 14.1 Å². The molecule has 28 heavy (non-hydrogen) atoms. The molecular weight excluding hydrogens is 376 g/mol. The first kappa shape index (κ1) is 25.2. The lowest BCUT2D eigenvalue weighted by molar-refractivity contribution is -0.214. The summed E-state index contributed by atoms with van der Waals surface area (Å²) in [4.78, 5) is 66.1. The van der Waals surface area contributed by atoms with Crippen molar-refractivity contribution < 1.29 is 43.9 Å². The summed E-state index contributed by atoms with van der Waals surface area (Å²) in [5, 5.41) is 20.4. The van der Waals surface area contributed by atoms with Crippen LogP contribution in [-0.2, 0) is 33.6 Å². The number of rotatable bonds is 9. The first-order valence-corrected chi connectivity index (χ1v) is 8.41. The van der Waals surface area contributed by atoms with Crippen LogP contribution >= 0.6 is 0 Å². The number of aliphatic hydroxyl groups is 2. The predicted octanol–water partition coefficient (Wildman–Crippen LogP) is -0.733. The summed E-state index contributed by atoms with van der Waals surface area (Å²) in [7, 11) is 2.20. The van der Waals surface area contributed by atoms with E-state index < -0.39 is 36.0 Å². The molecule has 0 aliphatic carbocycles. The van der Waals surface area contributed by atoms with Crippen LogP contribution in [0.3, 0.4) is 0 Å². The molecule has 0 aliphatic heterocycles. The van der Waals surface area contributed by atoms with E-state index in [9.17, 15) is 34.2 Å². The van der Waals surface area contributed by atoms with Gasteiger partial charge in [0.25, 0.3) is 11.8 Å². The largest absolute Gasteiger partial charge is 0.379 e. The highest BCUT2D eigenvalue weighted by Crippen LogP contribution is 2.06. The molecule has 2 N–H and O–H groups in total. The third-order valence-corrected chi connectivity index (χ3v) is 3.33. The Morgan fingerprint density at radius 2 is 1.25 bits per heavy atom. The minimum atomic E-state index is -2.36. The summed E-state index contributed by atoms with van der Waals surface area (Å²) >= 11 is 0. The molecular formula is C17H26N2O9. The fourth-order valence-corrected chi connectivity index (χ4v) is 1.72. The zero-order valence-corrected chi connectivity index (χ0v) is 16.3. The Morgan fingerprint density at radius 3 is 1.61 bits per heavy atom. The molecule has 0 spiro atoms. The fourth-order valence-electron chi connectivity index (χ4n) is 1.72. The van der Waals surface area contributed by atoms with Gasteiger partial charge in [-0.05, 0) is 20.3 Å². The number of carbonyl (C=O) groups excluding carboxylic acids is 5. The smallest absolute Gasteiger partial charge is 0.364 e. The number of aliphatic hydroxyl groups excluding tert-OH is 2. The Bertz CT molecular complexity index is 614. The minimum Gasteiger partial charge on any atom is -0.379 e. The van der Waals surface area contributed by atoms with E-state index in [0.717, 1.165) is 19.7 Å². The first-order chi connectivity index (χ1) is 13.0. The summed E-state index contributed by atoms with van der Waals surface area (Å²) in [6.45, 7) is 3.72. The van der Waals surface area contributed by atoms with Crippen LogP contribution in [0.1, 0.15) is 39.5 Å².